The predicted octanol–water partition coefficient (Wildman–Crippen LogP) is 11.2. The lowest BCUT2D eigenvalue weighted by Gasteiger charge is -2.12. The smallest absolute Gasteiger partial charge is 0.343 e. The fraction of sp³-hybridized carbons (Fsp3) is 0.227. The maximum absolute atomic E-state index is 13.2. The molecule has 5 aromatic rings. The molecule has 0 atom stereocenters. The molecule has 0 heterocycles. The Labute approximate surface area is 343 Å². The SMILES string of the molecule is N#Cc1ccc(-c2ccc(OCCCCCCCCCCOC(=O)c3cc(OC(=O)c4ccc(I)cc4)ccc3OC(=O)c3ccc(I)cc3)cc2)cc1. The Morgan fingerprint density at radius 1 is 0.519 bits per heavy atom. The quantitative estimate of drug-likeness (QED) is 0.0369. The molecule has 0 fully saturated rings. The Balaban J connectivity index is 1.01. The van der Waals surface area contributed by atoms with Gasteiger partial charge in [-0.05, 0) is 160 Å². The minimum absolute atomic E-state index is 0.00846. The van der Waals surface area contributed by atoms with Gasteiger partial charge in [-0.3, -0.25) is 0 Å². The van der Waals surface area contributed by atoms with Crippen molar-refractivity contribution in [2.45, 2.75) is 51.4 Å². The number of hydrogen-bond donors (Lipinski definition) is 0. The average molecular weight is 948 g/mol. The van der Waals surface area contributed by atoms with Gasteiger partial charge in [0.15, 0.2) is 0 Å². The van der Waals surface area contributed by atoms with Crippen molar-refractivity contribution < 1.29 is 33.3 Å². The normalized spacial score (nSPS) is 10.6. The van der Waals surface area contributed by atoms with Gasteiger partial charge in [0.05, 0.1) is 36.0 Å². The molecule has 0 amide bonds. The third-order valence-electron chi connectivity index (χ3n) is 8.49. The number of unbranched alkanes of at least 4 members (excludes halogenated alkanes) is 7. The second-order valence-corrected chi connectivity index (χ2v) is 15.0. The highest BCUT2D eigenvalue weighted by Gasteiger charge is 2.20. The molecule has 8 nitrogen and oxygen atoms in total. The van der Waals surface area contributed by atoms with E-state index in [1.54, 1.807) is 48.5 Å². The van der Waals surface area contributed by atoms with Gasteiger partial charge in [0, 0.05) is 7.14 Å². The average Bonchev–Trinajstić information content (AvgIpc) is 3.19. The van der Waals surface area contributed by atoms with E-state index in [0.29, 0.717) is 29.7 Å². The monoisotopic (exact) mass is 947 g/mol. The molecule has 0 saturated carbocycles. The number of benzene rings is 5. The van der Waals surface area contributed by atoms with Crippen molar-refractivity contribution in [1.82, 2.24) is 0 Å². The number of nitriles is 1. The molecule has 5 rings (SSSR count). The van der Waals surface area contributed by atoms with Crippen LogP contribution in [0.4, 0.5) is 0 Å². The van der Waals surface area contributed by atoms with E-state index in [2.05, 4.69) is 51.3 Å². The molecule has 0 saturated heterocycles. The van der Waals surface area contributed by atoms with E-state index in [1.165, 1.54) is 18.2 Å². The zero-order valence-corrected chi connectivity index (χ0v) is 33.9. The first-order valence-electron chi connectivity index (χ1n) is 17.8. The number of carbonyl (C=O) groups excluding carboxylic acids is 3. The molecule has 0 aromatic heterocycles. The highest BCUT2D eigenvalue weighted by molar-refractivity contribution is 14.1. The number of halogens is 2. The second kappa shape index (κ2) is 21.2. The Morgan fingerprint density at radius 2 is 1.00 bits per heavy atom. The zero-order valence-electron chi connectivity index (χ0n) is 29.6. The molecular formula is C44H39I2NO7. The molecule has 276 valence electrons. The van der Waals surface area contributed by atoms with Crippen LogP contribution in [0.15, 0.2) is 115 Å². The first kappa shape index (κ1) is 40.4. The third kappa shape index (κ3) is 12.7. The maximum atomic E-state index is 13.2. The standard InChI is InChI=1S/C44H39I2NO7/c45-36-19-13-34(14-20-36)42(48)53-39-25-26-41(54-43(49)35-15-21-37(46)22-16-35)40(29-39)44(50)52-28-8-6-4-2-1-3-5-7-27-51-38-23-17-33(18-24-38)32-11-9-31(30-47)10-12-32/h9-26,29H,1-8,27-28H2. The molecule has 0 N–H and O–H groups in total. The summed E-state index contributed by atoms with van der Waals surface area (Å²) in [7, 11) is 0. The molecular weight excluding hydrogens is 908 g/mol. The second-order valence-electron chi connectivity index (χ2n) is 12.5. The lowest BCUT2D eigenvalue weighted by molar-refractivity contribution is 0.0490. The Bertz CT molecular complexity index is 2040. The summed E-state index contributed by atoms with van der Waals surface area (Å²) >= 11 is 4.30. The number of rotatable bonds is 18. The largest absolute Gasteiger partial charge is 0.494 e. The van der Waals surface area contributed by atoms with E-state index in [9.17, 15) is 14.4 Å². The van der Waals surface area contributed by atoms with Gasteiger partial charge < -0.3 is 18.9 Å². The minimum atomic E-state index is -0.669. The van der Waals surface area contributed by atoms with Gasteiger partial charge in [0.1, 0.15) is 22.8 Å². The van der Waals surface area contributed by atoms with Gasteiger partial charge in [-0.1, -0.05) is 62.8 Å². The van der Waals surface area contributed by atoms with E-state index in [0.717, 1.165) is 69.0 Å². The van der Waals surface area contributed by atoms with E-state index in [4.69, 9.17) is 24.2 Å². The maximum Gasteiger partial charge on any atom is 0.343 e. The van der Waals surface area contributed by atoms with Gasteiger partial charge >= 0.3 is 17.9 Å². The summed E-state index contributed by atoms with van der Waals surface area (Å²) in [5.74, 6) is -0.880. The van der Waals surface area contributed by atoms with Crippen LogP contribution in [0.1, 0.15) is 88.0 Å². The molecule has 0 radical (unpaired) electrons. The molecule has 0 unspecified atom stereocenters. The number of hydrogen-bond acceptors (Lipinski definition) is 8. The van der Waals surface area contributed by atoms with Gasteiger partial charge in [-0.2, -0.15) is 5.26 Å². The van der Waals surface area contributed by atoms with E-state index in [1.807, 2.05) is 48.5 Å². The van der Waals surface area contributed by atoms with Crippen molar-refractivity contribution in [2.24, 2.45) is 0 Å². The molecule has 0 bridgehead atoms. The first-order valence-corrected chi connectivity index (χ1v) is 19.9. The molecule has 0 spiro atoms. The van der Waals surface area contributed by atoms with Crippen LogP contribution in [0.25, 0.3) is 11.1 Å². The van der Waals surface area contributed by atoms with E-state index >= 15 is 0 Å². The van der Waals surface area contributed by atoms with Crippen molar-refractivity contribution >= 4 is 63.1 Å². The number of ether oxygens (including phenoxy) is 4. The van der Waals surface area contributed by atoms with Crippen LogP contribution in [-0.2, 0) is 4.74 Å². The van der Waals surface area contributed by atoms with E-state index in [-0.39, 0.29) is 23.7 Å². The van der Waals surface area contributed by atoms with Crippen molar-refractivity contribution in [3.63, 3.8) is 0 Å². The van der Waals surface area contributed by atoms with Gasteiger partial charge in [-0.25, -0.2) is 14.4 Å². The van der Waals surface area contributed by atoms with Crippen molar-refractivity contribution in [3.8, 4) is 34.4 Å². The molecule has 0 aliphatic carbocycles. The summed E-state index contributed by atoms with van der Waals surface area (Å²) in [5, 5.41) is 8.98. The van der Waals surface area contributed by atoms with Crippen LogP contribution in [0.2, 0.25) is 0 Å². The summed E-state index contributed by atoms with van der Waals surface area (Å²) < 4.78 is 24.6. The van der Waals surface area contributed by atoms with Gasteiger partial charge in [0.2, 0.25) is 0 Å². The minimum Gasteiger partial charge on any atom is -0.494 e. The molecule has 54 heavy (non-hydrogen) atoms. The molecule has 0 aliphatic heterocycles. The van der Waals surface area contributed by atoms with Crippen molar-refractivity contribution in [3.05, 3.63) is 145 Å². The summed E-state index contributed by atoms with van der Waals surface area (Å²) in [6, 6.07) is 35.8. The summed E-state index contributed by atoms with van der Waals surface area (Å²) in [6.45, 7) is 0.883. The fourth-order valence-electron chi connectivity index (χ4n) is 5.50. The Kier molecular flexibility index (Phi) is 15.9. The first-order chi connectivity index (χ1) is 26.3. The van der Waals surface area contributed by atoms with E-state index < -0.39 is 17.9 Å². The Hall–Kier alpha value is -4.74. The lowest BCUT2D eigenvalue weighted by atomic mass is 10.0. The topological polar surface area (TPSA) is 112 Å². The summed E-state index contributed by atoms with van der Waals surface area (Å²) in [4.78, 5) is 38.9. The molecule has 0 aliphatic rings. The van der Waals surface area contributed by atoms with Crippen LogP contribution >= 0.6 is 45.2 Å². The van der Waals surface area contributed by atoms with Crippen LogP contribution in [0, 0.1) is 18.5 Å². The van der Waals surface area contributed by atoms with Gasteiger partial charge in [0.25, 0.3) is 0 Å². The summed E-state index contributed by atoms with van der Waals surface area (Å²) in [5.41, 5.74) is 3.48. The van der Waals surface area contributed by atoms with Crippen LogP contribution in [-0.4, -0.2) is 31.1 Å². The van der Waals surface area contributed by atoms with Crippen molar-refractivity contribution in [2.75, 3.05) is 13.2 Å². The number of carbonyl (C=O) groups is 3. The lowest BCUT2D eigenvalue weighted by Crippen LogP contribution is -2.14. The highest BCUT2D eigenvalue weighted by atomic mass is 127. The number of esters is 3. The van der Waals surface area contributed by atoms with Gasteiger partial charge in [-0.15, -0.1) is 0 Å². The van der Waals surface area contributed by atoms with Crippen LogP contribution in [0.5, 0.6) is 17.2 Å². The van der Waals surface area contributed by atoms with Crippen LogP contribution < -0.4 is 14.2 Å². The zero-order chi connectivity index (χ0) is 38.1. The summed E-state index contributed by atoms with van der Waals surface area (Å²) in [6.07, 6.45) is 8.07. The predicted molar refractivity (Wildman–Crippen MR) is 224 cm³/mol. The van der Waals surface area contributed by atoms with Crippen molar-refractivity contribution in [1.29, 1.82) is 5.26 Å². The molecule has 10 heteroatoms. The third-order valence-corrected chi connectivity index (χ3v) is 9.92. The Morgan fingerprint density at radius 3 is 1.56 bits per heavy atom. The number of nitrogens with zero attached hydrogens (tertiary/aromatic N) is 1. The highest BCUT2D eigenvalue weighted by Crippen LogP contribution is 2.28. The van der Waals surface area contributed by atoms with Crippen LogP contribution in [0.3, 0.4) is 0 Å². The fourth-order valence-corrected chi connectivity index (χ4v) is 6.22. The molecule has 5 aromatic carbocycles.